The number of ether oxygens (including phenoxy) is 1. The molecule has 0 radical (unpaired) electrons. The highest BCUT2D eigenvalue weighted by molar-refractivity contribution is 6.06. The highest BCUT2D eigenvalue weighted by Gasteiger charge is 2.19. The molecule has 0 saturated carbocycles. The first-order valence-corrected chi connectivity index (χ1v) is 7.08. The van der Waals surface area contributed by atoms with Crippen molar-refractivity contribution < 1.29 is 9.53 Å². The van der Waals surface area contributed by atoms with Gasteiger partial charge in [-0.05, 0) is 19.1 Å². The van der Waals surface area contributed by atoms with E-state index < -0.39 is 5.91 Å². The quantitative estimate of drug-likeness (QED) is 0.738. The molecule has 9 heteroatoms. The van der Waals surface area contributed by atoms with Gasteiger partial charge in [0.1, 0.15) is 17.4 Å². The third kappa shape index (κ3) is 2.56. The van der Waals surface area contributed by atoms with Crippen LogP contribution in [0.25, 0.3) is 5.65 Å². The summed E-state index contributed by atoms with van der Waals surface area (Å²) >= 11 is 0. The molecule has 3 rings (SSSR count). The van der Waals surface area contributed by atoms with Crippen molar-refractivity contribution in [1.82, 2.24) is 19.8 Å². The molecule has 0 unspecified atom stereocenters. The number of amides is 1. The third-order valence-electron chi connectivity index (χ3n) is 3.23. The molecule has 0 aliphatic carbocycles. The summed E-state index contributed by atoms with van der Waals surface area (Å²) in [5.41, 5.74) is 6.75. The molecule has 2 heterocycles. The second kappa shape index (κ2) is 6.21. The Bertz CT molecular complexity index is 958. The molecule has 0 bridgehead atoms. The Kier molecular flexibility index (Phi) is 3.94. The number of benzene rings is 1. The van der Waals surface area contributed by atoms with Gasteiger partial charge in [0, 0.05) is 0 Å². The number of nitrogen functional groups attached to an aromatic ring is 1. The van der Waals surface area contributed by atoms with Crippen LogP contribution in [0, 0.1) is 11.3 Å². The van der Waals surface area contributed by atoms with E-state index >= 15 is 0 Å². The summed E-state index contributed by atoms with van der Waals surface area (Å²) in [4.78, 5) is 12.5. The summed E-state index contributed by atoms with van der Waals surface area (Å²) in [6.07, 6.45) is 1.31. The summed E-state index contributed by atoms with van der Waals surface area (Å²) < 4.78 is 6.66. The fourth-order valence-corrected chi connectivity index (χ4v) is 2.14. The van der Waals surface area contributed by atoms with Gasteiger partial charge in [0.2, 0.25) is 0 Å². The second-order valence-electron chi connectivity index (χ2n) is 4.72. The number of anilines is 2. The van der Waals surface area contributed by atoms with Crippen LogP contribution < -0.4 is 15.8 Å². The minimum absolute atomic E-state index is 0.00658. The lowest BCUT2D eigenvalue weighted by Crippen LogP contribution is -2.19. The van der Waals surface area contributed by atoms with Gasteiger partial charge in [0.15, 0.2) is 17.2 Å². The van der Waals surface area contributed by atoms with Crippen LogP contribution in [0.4, 0.5) is 11.5 Å². The molecule has 2 aromatic heterocycles. The van der Waals surface area contributed by atoms with E-state index in [1.807, 2.05) is 13.0 Å². The zero-order valence-electron chi connectivity index (χ0n) is 12.7. The molecule has 24 heavy (non-hydrogen) atoms. The van der Waals surface area contributed by atoms with Crippen LogP contribution in [-0.4, -0.2) is 32.3 Å². The number of carbonyl (C=O) groups excluding carboxylic acids is 1. The van der Waals surface area contributed by atoms with Gasteiger partial charge < -0.3 is 15.8 Å². The van der Waals surface area contributed by atoms with E-state index in [4.69, 9.17) is 15.7 Å². The topological polar surface area (TPSA) is 131 Å². The van der Waals surface area contributed by atoms with Crippen LogP contribution in [-0.2, 0) is 0 Å². The standard InChI is InChI=1S/C15H13N7O2/c1-2-24-11-6-4-3-5-10(11)19-15(23)12-13(17)22-14(21-20-12)9(7-16)8-18-22/h3-6,8H,2,17H2,1H3,(H,19,23). The van der Waals surface area contributed by atoms with Crippen molar-refractivity contribution in [2.24, 2.45) is 0 Å². The molecule has 120 valence electrons. The summed E-state index contributed by atoms with van der Waals surface area (Å²) in [7, 11) is 0. The van der Waals surface area contributed by atoms with E-state index in [1.165, 1.54) is 10.7 Å². The number of nitriles is 1. The van der Waals surface area contributed by atoms with Crippen LogP contribution in [0.15, 0.2) is 30.5 Å². The lowest BCUT2D eigenvalue weighted by molar-refractivity contribution is 0.102. The van der Waals surface area contributed by atoms with E-state index in [0.29, 0.717) is 18.0 Å². The number of nitrogens with zero attached hydrogens (tertiary/aromatic N) is 5. The minimum atomic E-state index is -0.553. The van der Waals surface area contributed by atoms with E-state index in [9.17, 15) is 4.79 Å². The predicted molar refractivity (Wildman–Crippen MR) is 85.5 cm³/mol. The van der Waals surface area contributed by atoms with Crippen molar-refractivity contribution in [1.29, 1.82) is 5.26 Å². The van der Waals surface area contributed by atoms with Gasteiger partial charge in [0.05, 0.1) is 18.5 Å². The fourth-order valence-electron chi connectivity index (χ4n) is 2.14. The molecular weight excluding hydrogens is 310 g/mol. The molecule has 1 aromatic carbocycles. The second-order valence-corrected chi connectivity index (χ2v) is 4.72. The zero-order valence-corrected chi connectivity index (χ0v) is 12.7. The van der Waals surface area contributed by atoms with Gasteiger partial charge in [0.25, 0.3) is 5.91 Å². The van der Waals surface area contributed by atoms with Gasteiger partial charge in [-0.15, -0.1) is 10.2 Å². The van der Waals surface area contributed by atoms with Gasteiger partial charge in [-0.1, -0.05) is 12.1 Å². The summed E-state index contributed by atoms with van der Waals surface area (Å²) in [5, 5.41) is 23.3. The SMILES string of the molecule is CCOc1ccccc1NC(=O)c1nnc2c(C#N)cnn2c1N. The van der Waals surface area contributed by atoms with E-state index in [0.717, 1.165) is 0 Å². The summed E-state index contributed by atoms with van der Waals surface area (Å²) in [6, 6.07) is 8.94. The first kappa shape index (κ1) is 15.2. The van der Waals surface area contributed by atoms with Crippen LogP contribution >= 0.6 is 0 Å². The van der Waals surface area contributed by atoms with Gasteiger partial charge in [-0.3, -0.25) is 4.79 Å². The van der Waals surface area contributed by atoms with Gasteiger partial charge >= 0.3 is 0 Å². The van der Waals surface area contributed by atoms with Crippen molar-refractivity contribution in [2.75, 3.05) is 17.7 Å². The van der Waals surface area contributed by atoms with Crippen molar-refractivity contribution >= 4 is 23.1 Å². The molecule has 0 aliphatic heterocycles. The van der Waals surface area contributed by atoms with Crippen molar-refractivity contribution in [2.45, 2.75) is 6.92 Å². The maximum absolute atomic E-state index is 12.5. The third-order valence-corrected chi connectivity index (χ3v) is 3.23. The Hall–Kier alpha value is -3.67. The van der Waals surface area contributed by atoms with E-state index in [2.05, 4.69) is 20.6 Å². The van der Waals surface area contributed by atoms with Crippen molar-refractivity contribution in [3.63, 3.8) is 0 Å². The molecule has 3 aromatic rings. The number of rotatable bonds is 4. The van der Waals surface area contributed by atoms with E-state index in [1.54, 1.807) is 24.3 Å². The van der Waals surface area contributed by atoms with Crippen LogP contribution in [0.2, 0.25) is 0 Å². The van der Waals surface area contributed by atoms with Crippen molar-refractivity contribution in [3.8, 4) is 11.8 Å². The predicted octanol–water partition coefficient (Wildman–Crippen LogP) is 1.23. The number of para-hydroxylation sites is 2. The Balaban J connectivity index is 1.95. The molecule has 0 fully saturated rings. The Morgan fingerprint density at radius 3 is 2.96 bits per heavy atom. The monoisotopic (exact) mass is 323 g/mol. The minimum Gasteiger partial charge on any atom is -0.492 e. The number of fused-ring (bicyclic) bond motifs is 1. The molecule has 1 amide bonds. The zero-order chi connectivity index (χ0) is 17.1. The number of nitrogens with two attached hydrogens (primary N) is 1. The Labute approximate surface area is 136 Å². The first-order valence-electron chi connectivity index (χ1n) is 7.08. The maximum atomic E-state index is 12.5. The van der Waals surface area contributed by atoms with Gasteiger partial charge in [-0.25, -0.2) is 0 Å². The smallest absolute Gasteiger partial charge is 0.280 e. The fraction of sp³-hybridized carbons (Fsp3) is 0.133. The van der Waals surface area contributed by atoms with E-state index in [-0.39, 0.29) is 22.7 Å². The lowest BCUT2D eigenvalue weighted by Gasteiger charge is -2.11. The lowest BCUT2D eigenvalue weighted by atomic mass is 10.2. The van der Waals surface area contributed by atoms with Crippen LogP contribution in [0.3, 0.4) is 0 Å². The molecule has 0 spiro atoms. The molecule has 9 nitrogen and oxygen atoms in total. The highest BCUT2D eigenvalue weighted by Crippen LogP contribution is 2.24. The van der Waals surface area contributed by atoms with Crippen LogP contribution in [0.1, 0.15) is 23.0 Å². The summed E-state index contributed by atoms with van der Waals surface area (Å²) in [5.74, 6) is -0.0252. The van der Waals surface area contributed by atoms with Gasteiger partial charge in [-0.2, -0.15) is 14.9 Å². The number of hydrogen-bond donors (Lipinski definition) is 2. The number of hydrogen-bond acceptors (Lipinski definition) is 7. The highest BCUT2D eigenvalue weighted by atomic mass is 16.5. The number of aromatic nitrogens is 4. The maximum Gasteiger partial charge on any atom is 0.280 e. The summed E-state index contributed by atoms with van der Waals surface area (Å²) in [6.45, 7) is 2.31. The largest absolute Gasteiger partial charge is 0.492 e. The first-order chi connectivity index (χ1) is 11.7. The normalized spacial score (nSPS) is 10.3. The Morgan fingerprint density at radius 1 is 1.42 bits per heavy atom. The van der Waals surface area contributed by atoms with Crippen molar-refractivity contribution in [3.05, 3.63) is 41.7 Å². The average molecular weight is 323 g/mol. The molecular formula is C15H13N7O2. The van der Waals surface area contributed by atoms with Crippen LogP contribution in [0.5, 0.6) is 5.75 Å². The molecule has 3 N–H and O–H groups in total. The molecule has 0 atom stereocenters. The molecule has 0 saturated heterocycles. The average Bonchev–Trinajstić information content (AvgIpc) is 3.01. The number of nitrogens with one attached hydrogen (secondary N) is 1. The Morgan fingerprint density at radius 2 is 2.21 bits per heavy atom. The number of carbonyl (C=O) groups is 1. The molecule has 0 aliphatic rings.